The SMILES string of the molecule is C=CC(CC)[C@H]1CC[C@H](CCc2ccc(C#C[C@H]3CC[C@H](OC(F)C(F)(F)F)CC3)cc2)CC1. The molecule has 188 valence electrons. The molecule has 34 heavy (non-hydrogen) atoms. The van der Waals surface area contributed by atoms with Crippen LogP contribution >= 0.6 is 0 Å². The fraction of sp³-hybridized carbons (Fsp3) is 0.655. The van der Waals surface area contributed by atoms with E-state index in [1.807, 2.05) is 0 Å². The molecule has 0 amide bonds. The molecule has 2 unspecified atom stereocenters. The van der Waals surface area contributed by atoms with E-state index in [9.17, 15) is 17.6 Å². The van der Waals surface area contributed by atoms with Crippen molar-refractivity contribution in [1.82, 2.24) is 0 Å². The monoisotopic (exact) mass is 478 g/mol. The number of benzene rings is 1. The van der Waals surface area contributed by atoms with E-state index in [0.29, 0.717) is 31.6 Å². The number of ether oxygens (including phenoxy) is 1. The van der Waals surface area contributed by atoms with Crippen LogP contribution in [0.3, 0.4) is 0 Å². The van der Waals surface area contributed by atoms with Gasteiger partial charge in [0.25, 0.3) is 6.36 Å². The van der Waals surface area contributed by atoms with Crippen molar-refractivity contribution >= 4 is 0 Å². The molecule has 5 heteroatoms. The van der Waals surface area contributed by atoms with Gasteiger partial charge in [0.1, 0.15) is 0 Å². The van der Waals surface area contributed by atoms with Crippen LogP contribution in [0.15, 0.2) is 36.9 Å². The van der Waals surface area contributed by atoms with E-state index in [-0.39, 0.29) is 5.92 Å². The number of alkyl halides is 4. The van der Waals surface area contributed by atoms with Crippen LogP contribution in [0.1, 0.15) is 82.3 Å². The maximum Gasteiger partial charge on any atom is 0.445 e. The molecule has 1 aromatic rings. The summed E-state index contributed by atoms with van der Waals surface area (Å²) >= 11 is 0. The van der Waals surface area contributed by atoms with Crippen molar-refractivity contribution in [2.45, 2.75) is 96.2 Å². The van der Waals surface area contributed by atoms with Gasteiger partial charge in [0.05, 0.1) is 6.10 Å². The number of rotatable bonds is 8. The van der Waals surface area contributed by atoms with Crippen LogP contribution < -0.4 is 0 Å². The molecule has 0 aliphatic heterocycles. The molecule has 0 radical (unpaired) electrons. The van der Waals surface area contributed by atoms with Crippen LogP contribution in [-0.4, -0.2) is 18.6 Å². The van der Waals surface area contributed by atoms with E-state index in [2.05, 4.69) is 60.4 Å². The summed E-state index contributed by atoms with van der Waals surface area (Å²) in [6, 6.07) is 8.43. The third kappa shape index (κ3) is 8.15. The lowest BCUT2D eigenvalue weighted by Gasteiger charge is -2.32. The van der Waals surface area contributed by atoms with Crippen LogP contribution in [0.25, 0.3) is 0 Å². The van der Waals surface area contributed by atoms with Crippen molar-refractivity contribution in [3.8, 4) is 11.8 Å². The molecule has 2 atom stereocenters. The van der Waals surface area contributed by atoms with Gasteiger partial charge in [-0.15, -0.1) is 6.58 Å². The molecule has 1 nitrogen and oxygen atoms in total. The van der Waals surface area contributed by atoms with Gasteiger partial charge in [0.15, 0.2) is 0 Å². The zero-order valence-electron chi connectivity index (χ0n) is 20.3. The second-order valence-corrected chi connectivity index (χ2v) is 10.1. The Morgan fingerprint density at radius 2 is 1.68 bits per heavy atom. The fourth-order valence-corrected chi connectivity index (χ4v) is 5.50. The molecule has 1 aromatic carbocycles. The minimum absolute atomic E-state index is 0.118. The lowest BCUT2D eigenvalue weighted by Crippen LogP contribution is -2.33. The van der Waals surface area contributed by atoms with Crippen molar-refractivity contribution in [1.29, 1.82) is 0 Å². The van der Waals surface area contributed by atoms with Gasteiger partial charge in [-0.05, 0) is 93.2 Å². The zero-order chi connectivity index (χ0) is 24.6. The van der Waals surface area contributed by atoms with E-state index in [1.54, 1.807) is 0 Å². The van der Waals surface area contributed by atoms with Gasteiger partial charge in [0, 0.05) is 11.5 Å². The summed E-state index contributed by atoms with van der Waals surface area (Å²) in [5, 5.41) is 0. The predicted molar refractivity (Wildman–Crippen MR) is 129 cm³/mol. The minimum Gasteiger partial charge on any atom is -0.338 e. The number of hydrogen-bond donors (Lipinski definition) is 0. The number of halogens is 4. The van der Waals surface area contributed by atoms with E-state index >= 15 is 0 Å². The number of hydrogen-bond acceptors (Lipinski definition) is 1. The van der Waals surface area contributed by atoms with E-state index in [4.69, 9.17) is 0 Å². The third-order valence-electron chi connectivity index (χ3n) is 7.73. The smallest absolute Gasteiger partial charge is 0.338 e. The molecule has 2 saturated carbocycles. The summed E-state index contributed by atoms with van der Waals surface area (Å²) in [4.78, 5) is 0. The first kappa shape index (κ1) is 26.8. The molecule has 2 aliphatic carbocycles. The second-order valence-electron chi connectivity index (χ2n) is 10.1. The van der Waals surface area contributed by atoms with Crippen LogP contribution in [0.4, 0.5) is 17.6 Å². The topological polar surface area (TPSA) is 9.23 Å². The second kappa shape index (κ2) is 12.8. The van der Waals surface area contributed by atoms with Crippen LogP contribution in [0.5, 0.6) is 0 Å². The normalized spacial score (nSPS) is 27.3. The maximum absolute atomic E-state index is 13.0. The van der Waals surface area contributed by atoms with E-state index in [0.717, 1.165) is 23.8 Å². The number of allylic oxidation sites excluding steroid dienone is 1. The zero-order valence-corrected chi connectivity index (χ0v) is 20.3. The Kier molecular flexibility index (Phi) is 10.1. The van der Waals surface area contributed by atoms with Crippen molar-refractivity contribution in [2.24, 2.45) is 23.7 Å². The first-order valence-electron chi connectivity index (χ1n) is 12.9. The summed E-state index contributed by atoms with van der Waals surface area (Å²) in [6.07, 6.45) is 4.24. The van der Waals surface area contributed by atoms with Crippen molar-refractivity contribution in [2.75, 3.05) is 0 Å². The van der Waals surface area contributed by atoms with Crippen LogP contribution in [0, 0.1) is 35.5 Å². The predicted octanol–water partition coefficient (Wildman–Crippen LogP) is 8.42. The van der Waals surface area contributed by atoms with Crippen LogP contribution in [0.2, 0.25) is 0 Å². The Morgan fingerprint density at radius 1 is 1.03 bits per heavy atom. The lowest BCUT2D eigenvalue weighted by molar-refractivity contribution is -0.279. The molecule has 2 aliphatic rings. The summed E-state index contributed by atoms with van der Waals surface area (Å²) in [5.41, 5.74) is 2.30. The Balaban J connectivity index is 1.38. The highest BCUT2D eigenvalue weighted by Crippen LogP contribution is 2.37. The molecule has 0 spiro atoms. The molecular weight excluding hydrogens is 440 g/mol. The maximum atomic E-state index is 13.0. The highest BCUT2D eigenvalue weighted by Gasteiger charge is 2.43. The Hall–Kier alpha value is -1.80. The molecule has 0 bridgehead atoms. The molecule has 0 aromatic heterocycles. The average molecular weight is 479 g/mol. The molecule has 3 rings (SSSR count). The van der Waals surface area contributed by atoms with Gasteiger partial charge >= 0.3 is 6.18 Å². The summed E-state index contributed by atoms with van der Waals surface area (Å²) in [6.45, 7) is 6.27. The Labute approximate surface area is 202 Å². The van der Waals surface area contributed by atoms with Crippen LogP contribution in [-0.2, 0) is 11.2 Å². The molecule has 0 heterocycles. The standard InChI is InChI=1S/C29H38F4O/c1-3-25(4-2)26-17-13-23(14-18-26)11-9-21-5-7-22(8-6-21)10-12-24-15-19-27(20-16-24)34-28(30)29(31,32)33/h3,5-8,23-28H,1,4,9,11,13-20H2,2H3/t23-,24-,25?,26-,27-,28?. The van der Waals surface area contributed by atoms with Gasteiger partial charge in [-0.25, -0.2) is 4.39 Å². The Morgan fingerprint density at radius 3 is 2.24 bits per heavy atom. The largest absolute Gasteiger partial charge is 0.445 e. The Bertz CT molecular complexity index is 803. The third-order valence-corrected chi connectivity index (χ3v) is 7.73. The summed E-state index contributed by atoms with van der Waals surface area (Å²) in [7, 11) is 0. The summed E-state index contributed by atoms with van der Waals surface area (Å²) in [5.74, 6) is 8.87. The minimum atomic E-state index is -4.95. The summed E-state index contributed by atoms with van der Waals surface area (Å²) < 4.78 is 54.5. The van der Waals surface area contributed by atoms with Crippen molar-refractivity contribution in [3.05, 3.63) is 48.0 Å². The van der Waals surface area contributed by atoms with Gasteiger partial charge in [0.2, 0.25) is 0 Å². The van der Waals surface area contributed by atoms with Crippen molar-refractivity contribution in [3.63, 3.8) is 0 Å². The van der Waals surface area contributed by atoms with Gasteiger partial charge in [-0.1, -0.05) is 49.8 Å². The van der Waals surface area contributed by atoms with Crippen molar-refractivity contribution < 1.29 is 22.3 Å². The van der Waals surface area contributed by atoms with Gasteiger partial charge in [-0.3, -0.25) is 0 Å². The van der Waals surface area contributed by atoms with Gasteiger partial charge < -0.3 is 4.74 Å². The quantitative estimate of drug-likeness (QED) is 0.207. The molecule has 0 saturated heterocycles. The average Bonchev–Trinajstić information content (AvgIpc) is 2.84. The van der Waals surface area contributed by atoms with Gasteiger partial charge in [-0.2, -0.15) is 13.2 Å². The first-order chi connectivity index (χ1) is 16.3. The first-order valence-corrected chi connectivity index (χ1v) is 12.9. The lowest BCUT2D eigenvalue weighted by atomic mass is 9.73. The fourth-order valence-electron chi connectivity index (χ4n) is 5.50. The van der Waals surface area contributed by atoms with E-state index in [1.165, 1.54) is 44.1 Å². The highest BCUT2D eigenvalue weighted by molar-refractivity contribution is 5.36. The molecular formula is C29H38F4O. The number of aryl methyl sites for hydroxylation is 1. The molecule has 2 fully saturated rings. The molecule has 0 N–H and O–H groups in total. The van der Waals surface area contributed by atoms with E-state index < -0.39 is 18.6 Å². The highest BCUT2D eigenvalue weighted by atomic mass is 19.4.